The van der Waals surface area contributed by atoms with Crippen molar-refractivity contribution in [1.29, 1.82) is 0 Å². The molecule has 0 unspecified atom stereocenters. The van der Waals surface area contributed by atoms with Crippen LogP contribution in [0.2, 0.25) is 10.0 Å². The van der Waals surface area contributed by atoms with Gasteiger partial charge in [0.2, 0.25) is 11.8 Å². The van der Waals surface area contributed by atoms with Crippen molar-refractivity contribution >= 4 is 58.2 Å². The van der Waals surface area contributed by atoms with Gasteiger partial charge in [-0.15, -0.1) is 10.2 Å². The Labute approximate surface area is 192 Å². The molecule has 0 fully saturated rings. The van der Waals surface area contributed by atoms with Crippen molar-refractivity contribution in [2.24, 2.45) is 7.05 Å². The fourth-order valence-electron chi connectivity index (χ4n) is 2.60. The van der Waals surface area contributed by atoms with Crippen LogP contribution < -0.4 is 10.6 Å². The van der Waals surface area contributed by atoms with Crippen LogP contribution in [0.4, 0.5) is 15.8 Å². The molecule has 0 aliphatic rings. The molecule has 162 valence electrons. The highest BCUT2D eigenvalue weighted by Gasteiger charge is 2.14. The molecule has 1 aromatic heterocycles. The number of rotatable bonds is 8. The summed E-state index contributed by atoms with van der Waals surface area (Å²) in [5.74, 6) is -0.415. The number of nitrogens with zero attached hydrogens (tertiary/aromatic N) is 3. The predicted octanol–water partition coefficient (Wildman–Crippen LogP) is 4.56. The summed E-state index contributed by atoms with van der Waals surface area (Å²) < 4.78 is 15.3. The van der Waals surface area contributed by atoms with Gasteiger partial charge in [-0.1, -0.05) is 47.1 Å². The van der Waals surface area contributed by atoms with Crippen LogP contribution in [-0.4, -0.2) is 32.3 Å². The van der Waals surface area contributed by atoms with Crippen molar-refractivity contribution in [2.45, 2.75) is 18.0 Å². The van der Waals surface area contributed by atoms with Crippen LogP contribution in [0, 0.1) is 5.82 Å². The van der Waals surface area contributed by atoms with E-state index in [-0.39, 0.29) is 29.7 Å². The number of halogens is 3. The third-order valence-electron chi connectivity index (χ3n) is 4.19. The standard InChI is InChI=1S/C20H18Cl2FN5O2S/c1-28-17(8-9-18(29)25-16-5-3-2-4-14(16)23)26-27-20(28)31-11-19(30)24-15-7-6-12(21)10-13(15)22/h2-7,10H,8-9,11H2,1H3,(H,24,30)(H,25,29). The molecule has 3 aromatic rings. The summed E-state index contributed by atoms with van der Waals surface area (Å²) in [6.45, 7) is 0. The quantitative estimate of drug-likeness (QED) is 0.460. The molecule has 0 aliphatic heterocycles. The number of hydrogen-bond donors (Lipinski definition) is 2. The summed E-state index contributed by atoms with van der Waals surface area (Å²) in [6.07, 6.45) is 0.428. The minimum atomic E-state index is -0.494. The molecular weight excluding hydrogens is 464 g/mol. The SMILES string of the molecule is Cn1c(CCC(=O)Nc2ccccc2F)nnc1SCC(=O)Nc1ccc(Cl)cc1Cl. The smallest absolute Gasteiger partial charge is 0.234 e. The lowest BCUT2D eigenvalue weighted by Crippen LogP contribution is -2.15. The molecule has 0 saturated carbocycles. The molecule has 7 nitrogen and oxygen atoms in total. The lowest BCUT2D eigenvalue weighted by atomic mass is 10.2. The second-order valence-corrected chi connectivity index (χ2v) is 8.23. The molecule has 0 aliphatic carbocycles. The van der Waals surface area contributed by atoms with Crippen LogP contribution in [0.15, 0.2) is 47.6 Å². The summed E-state index contributed by atoms with van der Waals surface area (Å²) >= 11 is 13.1. The number of nitrogens with one attached hydrogen (secondary N) is 2. The molecular formula is C20H18Cl2FN5O2S. The highest BCUT2D eigenvalue weighted by molar-refractivity contribution is 7.99. The number of aromatic nitrogens is 3. The zero-order valence-electron chi connectivity index (χ0n) is 16.4. The van der Waals surface area contributed by atoms with E-state index in [0.717, 1.165) is 0 Å². The summed E-state index contributed by atoms with van der Waals surface area (Å²) in [5, 5.41) is 14.7. The Morgan fingerprint density at radius 2 is 1.81 bits per heavy atom. The minimum absolute atomic E-state index is 0.0959. The first-order valence-electron chi connectivity index (χ1n) is 9.14. The van der Waals surface area contributed by atoms with Crippen LogP contribution in [0.5, 0.6) is 0 Å². The van der Waals surface area contributed by atoms with E-state index < -0.39 is 5.82 Å². The number of para-hydroxylation sites is 1. The van der Waals surface area contributed by atoms with E-state index in [9.17, 15) is 14.0 Å². The maximum atomic E-state index is 13.6. The Balaban J connectivity index is 1.50. The largest absolute Gasteiger partial charge is 0.324 e. The fraction of sp³-hybridized carbons (Fsp3) is 0.200. The van der Waals surface area contributed by atoms with Gasteiger partial charge >= 0.3 is 0 Å². The number of carbonyl (C=O) groups is 2. The number of carbonyl (C=O) groups excluding carboxylic acids is 2. The summed E-state index contributed by atoms with van der Waals surface area (Å²) in [7, 11) is 1.75. The molecule has 2 amide bonds. The average Bonchev–Trinajstić information content (AvgIpc) is 3.08. The van der Waals surface area contributed by atoms with Gasteiger partial charge in [-0.3, -0.25) is 9.59 Å². The molecule has 2 N–H and O–H groups in total. The van der Waals surface area contributed by atoms with Crippen molar-refractivity contribution in [3.63, 3.8) is 0 Å². The first-order chi connectivity index (χ1) is 14.8. The molecule has 0 atom stereocenters. The normalized spacial score (nSPS) is 10.7. The van der Waals surface area contributed by atoms with Crippen LogP contribution in [-0.2, 0) is 23.1 Å². The Bertz CT molecular complexity index is 1110. The second kappa shape index (κ2) is 10.6. The lowest BCUT2D eigenvalue weighted by molar-refractivity contribution is -0.116. The predicted molar refractivity (Wildman–Crippen MR) is 120 cm³/mol. The first-order valence-corrected chi connectivity index (χ1v) is 10.9. The Morgan fingerprint density at radius 3 is 2.55 bits per heavy atom. The molecule has 2 aromatic carbocycles. The van der Waals surface area contributed by atoms with Crippen molar-refractivity contribution in [3.05, 3.63) is 64.2 Å². The maximum Gasteiger partial charge on any atom is 0.234 e. The molecule has 11 heteroatoms. The first kappa shape index (κ1) is 23.1. The topological polar surface area (TPSA) is 88.9 Å². The molecule has 0 bridgehead atoms. The van der Waals surface area contributed by atoms with Gasteiger partial charge in [0, 0.05) is 24.9 Å². The van der Waals surface area contributed by atoms with E-state index in [1.165, 1.54) is 23.9 Å². The van der Waals surface area contributed by atoms with Crippen LogP contribution in [0.3, 0.4) is 0 Å². The van der Waals surface area contributed by atoms with Gasteiger partial charge in [0.25, 0.3) is 0 Å². The summed E-state index contributed by atoms with van der Waals surface area (Å²) in [6, 6.07) is 10.8. The third-order valence-corrected chi connectivity index (χ3v) is 5.75. The highest BCUT2D eigenvalue weighted by atomic mass is 35.5. The van der Waals surface area contributed by atoms with Crippen molar-refractivity contribution in [1.82, 2.24) is 14.8 Å². The summed E-state index contributed by atoms with van der Waals surface area (Å²) in [5.41, 5.74) is 0.602. The summed E-state index contributed by atoms with van der Waals surface area (Å²) in [4.78, 5) is 24.3. The molecule has 3 rings (SSSR count). The fourth-order valence-corrected chi connectivity index (χ4v) is 3.78. The number of anilines is 2. The number of thioether (sulfide) groups is 1. The number of aryl methyl sites for hydroxylation is 1. The molecule has 1 heterocycles. The van der Waals surface area contributed by atoms with E-state index in [0.29, 0.717) is 33.1 Å². The van der Waals surface area contributed by atoms with Crippen molar-refractivity contribution in [3.8, 4) is 0 Å². The number of benzene rings is 2. The van der Waals surface area contributed by atoms with Gasteiger partial charge in [0.05, 0.1) is 22.2 Å². The van der Waals surface area contributed by atoms with Crippen LogP contribution in [0.1, 0.15) is 12.2 Å². The second-order valence-electron chi connectivity index (χ2n) is 6.45. The van der Waals surface area contributed by atoms with E-state index in [4.69, 9.17) is 23.2 Å². The zero-order chi connectivity index (χ0) is 22.4. The molecule has 0 spiro atoms. The number of hydrogen-bond acceptors (Lipinski definition) is 5. The highest BCUT2D eigenvalue weighted by Crippen LogP contribution is 2.26. The third kappa shape index (κ3) is 6.43. The van der Waals surface area contributed by atoms with E-state index >= 15 is 0 Å². The molecule has 0 radical (unpaired) electrons. The van der Waals surface area contributed by atoms with Gasteiger partial charge in [-0.2, -0.15) is 0 Å². The molecule has 0 saturated heterocycles. The Morgan fingerprint density at radius 1 is 1.06 bits per heavy atom. The Kier molecular flexibility index (Phi) is 7.89. The van der Waals surface area contributed by atoms with Crippen molar-refractivity contribution < 1.29 is 14.0 Å². The van der Waals surface area contributed by atoms with Crippen molar-refractivity contribution in [2.75, 3.05) is 16.4 Å². The van der Waals surface area contributed by atoms with Gasteiger partial charge in [-0.25, -0.2) is 4.39 Å². The van der Waals surface area contributed by atoms with Gasteiger partial charge in [0.15, 0.2) is 5.16 Å². The van der Waals surface area contributed by atoms with Crippen LogP contribution >= 0.6 is 35.0 Å². The lowest BCUT2D eigenvalue weighted by Gasteiger charge is -2.08. The average molecular weight is 482 g/mol. The van der Waals surface area contributed by atoms with E-state index in [1.54, 1.807) is 41.9 Å². The van der Waals surface area contributed by atoms with Gasteiger partial charge in [-0.05, 0) is 30.3 Å². The van der Waals surface area contributed by atoms with Crippen LogP contribution in [0.25, 0.3) is 0 Å². The minimum Gasteiger partial charge on any atom is -0.324 e. The Hall–Kier alpha value is -2.62. The van der Waals surface area contributed by atoms with E-state index in [2.05, 4.69) is 20.8 Å². The van der Waals surface area contributed by atoms with E-state index in [1.807, 2.05) is 0 Å². The number of amides is 2. The monoisotopic (exact) mass is 481 g/mol. The zero-order valence-corrected chi connectivity index (χ0v) is 18.7. The maximum absolute atomic E-state index is 13.6. The van der Waals surface area contributed by atoms with Gasteiger partial charge in [0.1, 0.15) is 11.6 Å². The van der Waals surface area contributed by atoms with Gasteiger partial charge < -0.3 is 15.2 Å². The molecule has 31 heavy (non-hydrogen) atoms.